The smallest absolute Gasteiger partial charge is 0.267 e. The van der Waals surface area contributed by atoms with E-state index in [1.54, 1.807) is 24.3 Å². The minimum atomic E-state index is -0.585. The summed E-state index contributed by atoms with van der Waals surface area (Å²) < 4.78 is 0. The standard InChI is InChI=1S/C19H18NO3P/c1-13-11-14(6-10-19(22)20-23)5-7-15(13)8-9-18(21)16-3-2-4-17(24)12-16/h2-12,23H,24H2,1H3,(H,20,22)/b9-8+,10-6+. The van der Waals surface area contributed by atoms with Gasteiger partial charge in [-0.15, -0.1) is 9.24 Å². The van der Waals surface area contributed by atoms with Crippen LogP contribution in [0.2, 0.25) is 0 Å². The van der Waals surface area contributed by atoms with Crippen LogP contribution in [0.4, 0.5) is 0 Å². The van der Waals surface area contributed by atoms with Gasteiger partial charge in [-0.2, -0.15) is 0 Å². The zero-order valence-electron chi connectivity index (χ0n) is 13.2. The van der Waals surface area contributed by atoms with Gasteiger partial charge in [-0.1, -0.05) is 42.5 Å². The number of benzene rings is 2. The molecule has 122 valence electrons. The summed E-state index contributed by atoms with van der Waals surface area (Å²) in [6, 6.07) is 13.0. The molecule has 2 N–H and O–H groups in total. The summed E-state index contributed by atoms with van der Waals surface area (Å²) >= 11 is 0. The van der Waals surface area contributed by atoms with Gasteiger partial charge in [0.1, 0.15) is 0 Å². The van der Waals surface area contributed by atoms with Crippen molar-refractivity contribution in [3.05, 3.63) is 76.9 Å². The lowest BCUT2D eigenvalue weighted by molar-refractivity contribution is -0.124. The Kier molecular flexibility index (Phi) is 6.19. The van der Waals surface area contributed by atoms with Crippen molar-refractivity contribution >= 4 is 38.4 Å². The number of hydrogen-bond donors (Lipinski definition) is 2. The second-order valence-electron chi connectivity index (χ2n) is 5.25. The Morgan fingerprint density at radius 3 is 2.54 bits per heavy atom. The molecule has 0 aromatic heterocycles. The minimum absolute atomic E-state index is 0.0534. The zero-order valence-corrected chi connectivity index (χ0v) is 14.3. The number of carbonyl (C=O) groups is 2. The first-order valence-corrected chi connectivity index (χ1v) is 7.88. The van der Waals surface area contributed by atoms with Gasteiger partial charge in [-0.05, 0) is 47.1 Å². The number of hydrogen-bond acceptors (Lipinski definition) is 3. The average Bonchev–Trinajstić information content (AvgIpc) is 2.58. The van der Waals surface area contributed by atoms with Crippen molar-refractivity contribution in [2.24, 2.45) is 0 Å². The van der Waals surface area contributed by atoms with Crippen molar-refractivity contribution in [3.63, 3.8) is 0 Å². The highest BCUT2D eigenvalue weighted by Crippen LogP contribution is 2.15. The maximum absolute atomic E-state index is 12.2. The lowest BCUT2D eigenvalue weighted by Gasteiger charge is -2.03. The third-order valence-corrected chi connectivity index (χ3v) is 3.78. The minimum Gasteiger partial charge on any atom is -0.289 e. The summed E-state index contributed by atoms with van der Waals surface area (Å²) in [6.45, 7) is 1.93. The number of nitrogens with one attached hydrogen (secondary N) is 1. The summed E-state index contributed by atoms with van der Waals surface area (Å²) in [5.74, 6) is -0.638. The molecular weight excluding hydrogens is 321 g/mol. The molecule has 0 spiro atoms. The van der Waals surface area contributed by atoms with E-state index in [-0.39, 0.29) is 5.78 Å². The predicted octanol–water partition coefficient (Wildman–Crippen LogP) is 2.91. The molecule has 0 heterocycles. The Morgan fingerprint density at radius 2 is 1.88 bits per heavy atom. The number of amides is 1. The predicted molar refractivity (Wildman–Crippen MR) is 99.3 cm³/mol. The van der Waals surface area contributed by atoms with Crippen LogP contribution in [0.3, 0.4) is 0 Å². The van der Waals surface area contributed by atoms with Crippen molar-refractivity contribution in [1.82, 2.24) is 5.48 Å². The van der Waals surface area contributed by atoms with E-state index in [9.17, 15) is 9.59 Å². The van der Waals surface area contributed by atoms with Gasteiger partial charge in [-0.3, -0.25) is 14.8 Å². The second kappa shape index (κ2) is 8.34. The van der Waals surface area contributed by atoms with Crippen LogP contribution in [0.5, 0.6) is 0 Å². The number of aryl methyl sites for hydroxylation is 1. The van der Waals surface area contributed by atoms with E-state index in [0.29, 0.717) is 5.56 Å². The molecule has 0 bridgehead atoms. The maximum atomic E-state index is 12.2. The fraction of sp³-hybridized carbons (Fsp3) is 0.0526. The Labute approximate surface area is 143 Å². The van der Waals surface area contributed by atoms with Crippen LogP contribution in [-0.4, -0.2) is 16.9 Å². The molecule has 0 saturated carbocycles. The van der Waals surface area contributed by atoms with E-state index >= 15 is 0 Å². The maximum Gasteiger partial charge on any atom is 0.267 e. The summed E-state index contributed by atoms with van der Waals surface area (Å²) in [6.07, 6.45) is 6.17. The number of rotatable bonds is 5. The molecule has 2 aromatic carbocycles. The molecule has 0 aliphatic carbocycles. The fourth-order valence-corrected chi connectivity index (χ4v) is 2.44. The molecule has 2 aromatic rings. The number of carbonyl (C=O) groups excluding carboxylic acids is 2. The molecule has 0 radical (unpaired) electrons. The third-order valence-electron chi connectivity index (χ3n) is 3.42. The lowest BCUT2D eigenvalue weighted by Crippen LogP contribution is -2.14. The lowest BCUT2D eigenvalue weighted by atomic mass is 10.0. The van der Waals surface area contributed by atoms with Gasteiger partial charge >= 0.3 is 0 Å². The SMILES string of the molecule is Cc1cc(/C=C/C(=O)NO)ccc1/C=C/C(=O)c1cccc(P)c1. The Balaban J connectivity index is 2.14. The first-order chi connectivity index (χ1) is 11.5. The van der Waals surface area contributed by atoms with Crippen molar-refractivity contribution < 1.29 is 14.8 Å². The summed E-state index contributed by atoms with van der Waals surface area (Å²) in [4.78, 5) is 23.2. The van der Waals surface area contributed by atoms with Gasteiger partial charge in [0.25, 0.3) is 5.91 Å². The number of allylic oxidation sites excluding steroid dienone is 1. The van der Waals surface area contributed by atoms with Crippen molar-refractivity contribution in [2.45, 2.75) is 6.92 Å². The van der Waals surface area contributed by atoms with Crippen molar-refractivity contribution in [1.29, 1.82) is 0 Å². The monoisotopic (exact) mass is 339 g/mol. The molecule has 0 aliphatic heterocycles. The van der Waals surface area contributed by atoms with E-state index in [1.807, 2.05) is 43.3 Å². The van der Waals surface area contributed by atoms with Gasteiger partial charge < -0.3 is 0 Å². The molecule has 1 amide bonds. The number of ketones is 1. The Morgan fingerprint density at radius 1 is 1.08 bits per heavy atom. The van der Waals surface area contributed by atoms with Crippen LogP contribution in [0, 0.1) is 6.92 Å². The normalized spacial score (nSPS) is 11.1. The Bertz CT molecular complexity index is 825. The highest BCUT2D eigenvalue weighted by atomic mass is 31.0. The van der Waals surface area contributed by atoms with E-state index in [2.05, 4.69) is 9.24 Å². The summed E-state index contributed by atoms with van der Waals surface area (Å²) in [5, 5.41) is 9.42. The van der Waals surface area contributed by atoms with E-state index in [4.69, 9.17) is 5.21 Å². The fourth-order valence-electron chi connectivity index (χ4n) is 2.15. The van der Waals surface area contributed by atoms with Gasteiger partial charge in [0.05, 0.1) is 0 Å². The average molecular weight is 339 g/mol. The van der Waals surface area contributed by atoms with E-state index in [0.717, 1.165) is 22.0 Å². The summed E-state index contributed by atoms with van der Waals surface area (Å²) in [7, 11) is 2.57. The van der Waals surface area contributed by atoms with Crippen LogP contribution in [0.1, 0.15) is 27.0 Å². The molecule has 5 heteroatoms. The van der Waals surface area contributed by atoms with Crippen LogP contribution >= 0.6 is 9.24 Å². The highest BCUT2D eigenvalue weighted by Gasteiger charge is 2.02. The van der Waals surface area contributed by atoms with Gasteiger partial charge in [0.15, 0.2) is 5.78 Å². The van der Waals surface area contributed by atoms with E-state index in [1.165, 1.54) is 11.6 Å². The largest absolute Gasteiger partial charge is 0.289 e. The van der Waals surface area contributed by atoms with Gasteiger partial charge in [0, 0.05) is 11.6 Å². The molecular formula is C19H18NO3P. The highest BCUT2D eigenvalue weighted by molar-refractivity contribution is 7.27. The van der Waals surface area contributed by atoms with Crippen molar-refractivity contribution in [2.75, 3.05) is 0 Å². The molecule has 0 fully saturated rings. The molecule has 0 saturated heterocycles. The van der Waals surface area contributed by atoms with Crippen LogP contribution in [-0.2, 0) is 4.79 Å². The van der Waals surface area contributed by atoms with Crippen molar-refractivity contribution in [3.8, 4) is 0 Å². The molecule has 24 heavy (non-hydrogen) atoms. The van der Waals surface area contributed by atoms with Crippen LogP contribution in [0.25, 0.3) is 12.2 Å². The first-order valence-electron chi connectivity index (χ1n) is 7.30. The topological polar surface area (TPSA) is 66.4 Å². The van der Waals surface area contributed by atoms with Crippen LogP contribution in [0.15, 0.2) is 54.6 Å². The van der Waals surface area contributed by atoms with Crippen LogP contribution < -0.4 is 10.8 Å². The van der Waals surface area contributed by atoms with Gasteiger partial charge in [-0.25, -0.2) is 5.48 Å². The summed E-state index contributed by atoms with van der Waals surface area (Å²) in [5.41, 5.74) is 4.91. The molecule has 2 rings (SSSR count). The van der Waals surface area contributed by atoms with E-state index < -0.39 is 5.91 Å². The molecule has 0 aliphatic rings. The molecule has 1 unspecified atom stereocenters. The first kappa shape index (κ1) is 17.8. The zero-order chi connectivity index (χ0) is 17.5. The Hall–Kier alpha value is -2.55. The third kappa shape index (κ3) is 4.98. The molecule has 4 nitrogen and oxygen atoms in total. The molecule has 1 atom stereocenters. The second-order valence-corrected chi connectivity index (χ2v) is 5.92. The van der Waals surface area contributed by atoms with Gasteiger partial charge in [0.2, 0.25) is 0 Å². The quantitative estimate of drug-likeness (QED) is 0.289. The number of hydroxylamine groups is 1.